The number of rotatable bonds is 4. The maximum atomic E-state index is 12.6. The van der Waals surface area contributed by atoms with E-state index in [0.29, 0.717) is 25.8 Å². The molecule has 1 aliphatic carbocycles. The lowest BCUT2D eigenvalue weighted by Crippen LogP contribution is -2.48. The third-order valence-electron chi connectivity index (χ3n) is 4.66. The van der Waals surface area contributed by atoms with E-state index in [-0.39, 0.29) is 24.7 Å². The molecule has 0 aromatic heterocycles. The Morgan fingerprint density at radius 1 is 1.42 bits per heavy atom. The number of likely N-dealkylation sites (tertiary alicyclic amines) is 1. The van der Waals surface area contributed by atoms with Crippen molar-refractivity contribution in [2.75, 3.05) is 13.2 Å². The van der Waals surface area contributed by atoms with Crippen LogP contribution in [-0.4, -0.2) is 47.3 Å². The van der Waals surface area contributed by atoms with Crippen LogP contribution < -0.4 is 5.32 Å². The van der Waals surface area contributed by atoms with Gasteiger partial charge in [0.2, 0.25) is 5.91 Å². The Balaban J connectivity index is 1.77. The van der Waals surface area contributed by atoms with Crippen molar-refractivity contribution in [1.82, 2.24) is 10.2 Å². The van der Waals surface area contributed by atoms with Gasteiger partial charge in [-0.25, -0.2) is 4.79 Å². The Labute approximate surface area is 140 Å². The van der Waals surface area contributed by atoms with Crippen molar-refractivity contribution < 1.29 is 19.4 Å². The number of amides is 2. The molecule has 3 rings (SSSR count). The normalized spacial score (nSPS) is 25.1. The molecule has 0 radical (unpaired) electrons. The Morgan fingerprint density at radius 3 is 2.96 bits per heavy atom. The largest absolute Gasteiger partial charge is 0.465 e. The fourth-order valence-electron chi connectivity index (χ4n) is 3.56. The average molecular weight is 328 g/mol. The van der Waals surface area contributed by atoms with Crippen LogP contribution in [0.3, 0.4) is 0 Å². The highest BCUT2D eigenvalue weighted by atomic mass is 16.5. The van der Waals surface area contributed by atoms with Gasteiger partial charge >= 0.3 is 6.09 Å². The quantitative estimate of drug-likeness (QED) is 0.822. The zero-order valence-corrected chi connectivity index (χ0v) is 13.3. The molecule has 0 unspecified atom stereocenters. The van der Waals surface area contributed by atoms with E-state index < -0.39 is 12.1 Å². The van der Waals surface area contributed by atoms with Gasteiger partial charge in [0.1, 0.15) is 12.6 Å². The van der Waals surface area contributed by atoms with Gasteiger partial charge in [-0.1, -0.05) is 30.2 Å². The minimum Gasteiger partial charge on any atom is -0.465 e. The Kier molecular flexibility index (Phi) is 4.72. The van der Waals surface area contributed by atoms with Crippen LogP contribution in [0.25, 0.3) is 0 Å². The van der Waals surface area contributed by atoms with E-state index in [1.807, 2.05) is 24.3 Å². The Bertz CT molecular complexity index is 682. The first-order valence-electron chi connectivity index (χ1n) is 8.04. The zero-order chi connectivity index (χ0) is 17.1. The summed E-state index contributed by atoms with van der Waals surface area (Å²) in [4.78, 5) is 25.1. The first-order valence-corrected chi connectivity index (χ1v) is 8.04. The van der Waals surface area contributed by atoms with Crippen molar-refractivity contribution in [3.8, 4) is 12.3 Å². The number of nitrogens with zero attached hydrogens (tertiary/aromatic N) is 1. The smallest absolute Gasteiger partial charge is 0.407 e. The van der Waals surface area contributed by atoms with Crippen LogP contribution in [0.5, 0.6) is 0 Å². The molecule has 1 aliphatic heterocycles. The number of carbonyl (C=O) groups excluding carboxylic acids is 1. The van der Waals surface area contributed by atoms with E-state index >= 15 is 0 Å². The van der Waals surface area contributed by atoms with E-state index in [9.17, 15) is 14.7 Å². The Hall–Kier alpha value is -2.52. The molecule has 1 saturated heterocycles. The number of carbonyl (C=O) groups is 2. The van der Waals surface area contributed by atoms with E-state index in [0.717, 1.165) is 11.1 Å². The summed E-state index contributed by atoms with van der Waals surface area (Å²) in [7, 11) is 0. The lowest BCUT2D eigenvalue weighted by atomic mass is 10.1. The van der Waals surface area contributed by atoms with Crippen LogP contribution >= 0.6 is 0 Å². The fraction of sp³-hybridized carbons (Fsp3) is 0.444. The summed E-state index contributed by atoms with van der Waals surface area (Å²) in [6.45, 7) is 0.571. The molecule has 2 amide bonds. The summed E-state index contributed by atoms with van der Waals surface area (Å²) < 4.78 is 5.70. The van der Waals surface area contributed by atoms with Gasteiger partial charge in [-0.15, -0.1) is 6.42 Å². The van der Waals surface area contributed by atoms with Crippen LogP contribution in [0, 0.1) is 12.3 Å². The number of hydrogen-bond donors (Lipinski definition) is 2. The summed E-state index contributed by atoms with van der Waals surface area (Å²) in [6, 6.07) is 6.89. The molecule has 6 heteroatoms. The molecule has 0 saturated carbocycles. The third-order valence-corrected chi connectivity index (χ3v) is 4.66. The Morgan fingerprint density at radius 2 is 2.21 bits per heavy atom. The minimum atomic E-state index is -1.06. The number of ether oxygens (including phenoxy) is 1. The van der Waals surface area contributed by atoms with Crippen molar-refractivity contribution in [3.05, 3.63) is 35.4 Å². The lowest BCUT2D eigenvalue weighted by Gasteiger charge is -2.26. The number of fused-ring (bicyclic) bond motifs is 1. The molecule has 1 heterocycles. The minimum absolute atomic E-state index is 0.176. The molecule has 2 N–H and O–H groups in total. The van der Waals surface area contributed by atoms with Crippen LogP contribution in [0.4, 0.5) is 4.79 Å². The van der Waals surface area contributed by atoms with Gasteiger partial charge in [-0.2, -0.15) is 0 Å². The SMILES string of the molecule is C#CCO[C@@H]1Cc2ccccc2[C@@H]1NC(=O)[C@@H]1CCCN1C(=O)O. The van der Waals surface area contributed by atoms with E-state index in [4.69, 9.17) is 11.2 Å². The molecular weight excluding hydrogens is 308 g/mol. The van der Waals surface area contributed by atoms with Gasteiger partial charge in [0.25, 0.3) is 0 Å². The first-order chi connectivity index (χ1) is 11.6. The molecule has 126 valence electrons. The highest BCUT2D eigenvalue weighted by Crippen LogP contribution is 2.33. The monoisotopic (exact) mass is 328 g/mol. The maximum Gasteiger partial charge on any atom is 0.407 e. The molecule has 1 fully saturated rings. The van der Waals surface area contributed by atoms with Crippen LogP contribution in [-0.2, 0) is 16.0 Å². The van der Waals surface area contributed by atoms with Crippen molar-refractivity contribution in [2.24, 2.45) is 0 Å². The van der Waals surface area contributed by atoms with Crippen molar-refractivity contribution in [2.45, 2.75) is 37.5 Å². The first kappa shape index (κ1) is 16.3. The maximum absolute atomic E-state index is 12.6. The second kappa shape index (κ2) is 6.93. The molecule has 1 aromatic rings. The summed E-state index contributed by atoms with van der Waals surface area (Å²) in [6.07, 6.45) is 5.90. The second-order valence-electron chi connectivity index (χ2n) is 6.08. The van der Waals surface area contributed by atoms with Crippen molar-refractivity contribution in [1.29, 1.82) is 0 Å². The summed E-state index contributed by atoms with van der Waals surface area (Å²) in [5.41, 5.74) is 2.12. The number of nitrogens with one attached hydrogen (secondary N) is 1. The number of hydrogen-bond acceptors (Lipinski definition) is 3. The van der Waals surface area contributed by atoms with Crippen molar-refractivity contribution >= 4 is 12.0 Å². The van der Waals surface area contributed by atoms with Crippen molar-refractivity contribution in [3.63, 3.8) is 0 Å². The van der Waals surface area contributed by atoms with Gasteiger partial charge < -0.3 is 15.2 Å². The lowest BCUT2D eigenvalue weighted by molar-refractivity contribution is -0.126. The third kappa shape index (κ3) is 3.08. The number of carboxylic acid groups (broad SMARTS) is 1. The standard InChI is InChI=1S/C18H20N2O4/c1-2-10-24-15-11-12-6-3-4-7-13(12)16(15)19-17(21)14-8-5-9-20(14)18(22)23/h1,3-4,6-7,14-16H,5,8-11H2,(H,19,21)(H,22,23)/t14-,15+,16-/m0/s1. The van der Waals surface area contributed by atoms with Crippen LogP contribution in [0.2, 0.25) is 0 Å². The molecular formula is C18H20N2O4. The summed E-state index contributed by atoms with van der Waals surface area (Å²) >= 11 is 0. The average Bonchev–Trinajstić information content (AvgIpc) is 3.18. The summed E-state index contributed by atoms with van der Waals surface area (Å²) in [5, 5.41) is 12.2. The second-order valence-corrected chi connectivity index (χ2v) is 6.08. The topological polar surface area (TPSA) is 78.9 Å². The summed E-state index contributed by atoms with van der Waals surface area (Å²) in [5.74, 6) is 2.18. The molecule has 1 aromatic carbocycles. The van der Waals surface area contributed by atoms with Gasteiger partial charge in [-0.05, 0) is 24.0 Å². The molecule has 24 heavy (non-hydrogen) atoms. The predicted molar refractivity (Wildman–Crippen MR) is 87.4 cm³/mol. The van der Waals surface area contributed by atoms with E-state index in [1.165, 1.54) is 4.90 Å². The highest BCUT2D eigenvalue weighted by Gasteiger charge is 2.39. The van der Waals surface area contributed by atoms with Gasteiger partial charge in [0.15, 0.2) is 0 Å². The van der Waals surface area contributed by atoms with E-state index in [2.05, 4.69) is 11.2 Å². The molecule has 0 spiro atoms. The van der Waals surface area contributed by atoms with Gasteiger partial charge in [0, 0.05) is 13.0 Å². The highest BCUT2D eigenvalue weighted by molar-refractivity contribution is 5.86. The molecule has 2 aliphatic rings. The van der Waals surface area contributed by atoms with Crippen LogP contribution in [0.15, 0.2) is 24.3 Å². The molecule has 3 atom stereocenters. The fourth-order valence-corrected chi connectivity index (χ4v) is 3.56. The molecule has 0 bridgehead atoms. The molecule has 6 nitrogen and oxygen atoms in total. The van der Waals surface area contributed by atoms with E-state index in [1.54, 1.807) is 0 Å². The predicted octanol–water partition coefficient (Wildman–Crippen LogP) is 1.56. The zero-order valence-electron chi connectivity index (χ0n) is 13.3. The van der Waals surface area contributed by atoms with Gasteiger partial charge in [-0.3, -0.25) is 9.69 Å². The van der Waals surface area contributed by atoms with Crippen LogP contribution in [0.1, 0.15) is 30.0 Å². The van der Waals surface area contributed by atoms with Gasteiger partial charge in [0.05, 0.1) is 12.1 Å². The number of terminal acetylenes is 1. The number of benzene rings is 1.